The molecule has 0 aliphatic carbocycles. The van der Waals surface area contributed by atoms with E-state index < -0.39 is 106 Å². The maximum atomic E-state index is 14.1. The van der Waals surface area contributed by atoms with Crippen LogP contribution in [0.1, 0.15) is 73.5 Å². The third-order valence-corrected chi connectivity index (χ3v) is 9.48. The van der Waals surface area contributed by atoms with E-state index in [0.717, 1.165) is 42.8 Å². The van der Waals surface area contributed by atoms with E-state index >= 15 is 0 Å². The number of alkyl halides is 6. The van der Waals surface area contributed by atoms with Gasteiger partial charge in [-0.15, -0.1) is 0 Å². The number of carboxylic acids is 2. The monoisotopic (exact) mass is 679 g/mol. The van der Waals surface area contributed by atoms with Gasteiger partial charge < -0.3 is 20.0 Å². The third kappa shape index (κ3) is 6.70. The van der Waals surface area contributed by atoms with Crippen LogP contribution < -0.4 is 0 Å². The zero-order valence-corrected chi connectivity index (χ0v) is 25.7. The highest BCUT2D eigenvalue weighted by atomic mass is 19.4. The number of amides is 2. The first-order valence-corrected chi connectivity index (χ1v) is 14.1. The smallest absolute Gasteiger partial charge is 0.416 e. The Morgan fingerprint density at radius 3 is 1.98 bits per heavy atom. The number of hydrogen-bond donors (Lipinski definition) is 2. The molecule has 1 heterocycles. The Bertz CT molecular complexity index is 1550. The molecule has 2 aromatic carbocycles. The summed E-state index contributed by atoms with van der Waals surface area (Å²) in [5.74, 6) is -5.97. The summed E-state index contributed by atoms with van der Waals surface area (Å²) in [5.41, 5.74) is -8.49. The normalized spacial score (nSPS) is 21.4. The number of likely N-dealkylation sites (tertiary alicyclic amines) is 1. The molecule has 10 nitrogen and oxygen atoms in total. The molecule has 3 rings (SSSR count). The van der Waals surface area contributed by atoms with E-state index in [4.69, 9.17) is 0 Å². The molecule has 47 heavy (non-hydrogen) atoms. The number of nitro groups is 1. The Hall–Kier alpha value is -4.44. The fraction of sp³-hybridized carbons (Fsp3) is 0.500. The molecule has 5 atom stereocenters. The van der Waals surface area contributed by atoms with Crippen LogP contribution in [0, 0.1) is 34.2 Å². The van der Waals surface area contributed by atoms with E-state index in [1.165, 1.54) is 19.9 Å². The van der Waals surface area contributed by atoms with Gasteiger partial charge in [0.25, 0.3) is 0 Å². The number of piperidine rings is 1. The van der Waals surface area contributed by atoms with Crippen molar-refractivity contribution < 1.29 is 60.3 Å². The summed E-state index contributed by atoms with van der Waals surface area (Å²) >= 11 is 0. The Balaban J connectivity index is 2.18. The molecule has 1 saturated heterocycles. The predicted molar refractivity (Wildman–Crippen MR) is 150 cm³/mol. The number of urea groups is 1. The summed E-state index contributed by atoms with van der Waals surface area (Å²) in [6, 6.07) is 0.277. The van der Waals surface area contributed by atoms with Gasteiger partial charge in [0.1, 0.15) is 11.2 Å². The van der Waals surface area contributed by atoms with Crippen molar-refractivity contribution in [3.63, 3.8) is 0 Å². The van der Waals surface area contributed by atoms with Gasteiger partial charge in [0.05, 0.1) is 29.1 Å². The first-order chi connectivity index (χ1) is 21.4. The standard InChI is InChI=1S/C30H32F7N3O7/c1-15-10-21(31)6-7-22(15)23-14-28(40(46)47,27(4,25(43)44)16(2)24(41)42)8-9-39(23)26(45)38(5)17(3)18-11-19(29(32,33)34)13-20(12-18)30(35,36)37/h6-7,10-13,16-17,23H,8-9,14H2,1-5H3,(H,41,42)(H,43,44)/t16?,17-,23-,27?,28-/m1/s1. The molecule has 0 radical (unpaired) electrons. The van der Waals surface area contributed by atoms with Crippen molar-refractivity contribution >= 4 is 18.0 Å². The number of carboxylic acid groups (broad SMARTS) is 2. The van der Waals surface area contributed by atoms with Crippen LogP contribution in [-0.2, 0) is 21.9 Å². The van der Waals surface area contributed by atoms with Crippen LogP contribution in [0.25, 0.3) is 0 Å². The fourth-order valence-electron chi connectivity index (χ4n) is 6.19. The molecule has 0 saturated carbocycles. The van der Waals surface area contributed by atoms with Crippen molar-refractivity contribution in [1.29, 1.82) is 0 Å². The molecule has 1 fully saturated rings. The number of nitrogens with zero attached hydrogens (tertiary/aromatic N) is 3. The van der Waals surface area contributed by atoms with Gasteiger partial charge in [0.2, 0.25) is 5.54 Å². The second-order valence-electron chi connectivity index (χ2n) is 11.9. The zero-order chi connectivity index (χ0) is 36.0. The van der Waals surface area contributed by atoms with Crippen molar-refractivity contribution in [2.75, 3.05) is 13.6 Å². The molecule has 1 aliphatic heterocycles. The van der Waals surface area contributed by atoms with Crippen LogP contribution in [0.4, 0.5) is 35.5 Å². The number of hydrogen-bond acceptors (Lipinski definition) is 5. The highest BCUT2D eigenvalue weighted by Gasteiger charge is 2.69. The van der Waals surface area contributed by atoms with Crippen LogP contribution in [0.15, 0.2) is 36.4 Å². The Kier molecular flexibility index (Phi) is 9.95. The van der Waals surface area contributed by atoms with Gasteiger partial charge >= 0.3 is 30.3 Å². The number of benzene rings is 2. The average Bonchev–Trinajstić information content (AvgIpc) is 2.97. The number of halogens is 7. The lowest BCUT2D eigenvalue weighted by molar-refractivity contribution is -0.596. The topological polar surface area (TPSA) is 141 Å². The SMILES string of the molecule is Cc1cc(F)ccc1[C@H]1C[C@@]([N+](=O)[O-])(C(C)(C(=O)O)C(C)C(=O)O)CCN1C(=O)N(C)[C@H](C)c1cc(C(F)(F)F)cc(C(F)(F)F)c1. The number of carbonyl (C=O) groups excluding carboxylic acids is 1. The average molecular weight is 680 g/mol. The maximum Gasteiger partial charge on any atom is 0.416 e. The Morgan fingerprint density at radius 2 is 1.55 bits per heavy atom. The predicted octanol–water partition coefficient (Wildman–Crippen LogP) is 6.95. The van der Waals surface area contributed by atoms with Crippen molar-refractivity contribution in [3.8, 4) is 0 Å². The van der Waals surface area contributed by atoms with E-state index in [9.17, 15) is 65.4 Å². The molecule has 1 aliphatic rings. The Morgan fingerprint density at radius 1 is 1.02 bits per heavy atom. The summed E-state index contributed by atoms with van der Waals surface area (Å²) in [7, 11) is 1.10. The summed E-state index contributed by atoms with van der Waals surface area (Å²) < 4.78 is 95.3. The number of carbonyl (C=O) groups is 3. The van der Waals surface area contributed by atoms with Gasteiger partial charge in [-0.05, 0) is 67.8 Å². The summed E-state index contributed by atoms with van der Waals surface area (Å²) in [4.78, 5) is 52.4. The molecular formula is C30H32F7N3O7. The molecule has 0 aromatic heterocycles. The first kappa shape index (κ1) is 37.0. The van der Waals surface area contributed by atoms with Crippen molar-refractivity contribution in [2.45, 2.75) is 70.5 Å². The number of aliphatic carboxylic acids is 2. The lowest BCUT2D eigenvalue weighted by Gasteiger charge is -2.49. The second kappa shape index (κ2) is 12.6. The van der Waals surface area contributed by atoms with Crippen LogP contribution in [0.2, 0.25) is 0 Å². The fourth-order valence-corrected chi connectivity index (χ4v) is 6.19. The lowest BCUT2D eigenvalue weighted by Crippen LogP contribution is -2.66. The molecule has 0 bridgehead atoms. The highest BCUT2D eigenvalue weighted by molar-refractivity contribution is 5.84. The van der Waals surface area contributed by atoms with Gasteiger partial charge in [-0.2, -0.15) is 26.3 Å². The molecule has 2 N–H and O–H groups in total. The molecule has 2 amide bonds. The van der Waals surface area contributed by atoms with Gasteiger partial charge in [0, 0.05) is 31.4 Å². The third-order valence-electron chi connectivity index (χ3n) is 9.48. The first-order valence-electron chi connectivity index (χ1n) is 14.1. The minimum atomic E-state index is -5.16. The van der Waals surface area contributed by atoms with E-state index in [1.54, 1.807) is 0 Å². The van der Waals surface area contributed by atoms with Crippen LogP contribution in [0.3, 0.4) is 0 Å². The summed E-state index contributed by atoms with van der Waals surface area (Å²) in [6.45, 7) is 3.92. The van der Waals surface area contributed by atoms with Gasteiger partial charge in [-0.3, -0.25) is 19.7 Å². The molecular weight excluding hydrogens is 647 g/mol. The van der Waals surface area contributed by atoms with E-state index in [2.05, 4.69) is 0 Å². The van der Waals surface area contributed by atoms with Crippen molar-refractivity contribution in [3.05, 3.63) is 80.1 Å². The van der Waals surface area contributed by atoms with E-state index in [0.29, 0.717) is 12.1 Å². The lowest BCUT2D eigenvalue weighted by atomic mass is 9.58. The second-order valence-corrected chi connectivity index (χ2v) is 11.9. The van der Waals surface area contributed by atoms with Gasteiger partial charge in [-0.25, -0.2) is 9.18 Å². The maximum absolute atomic E-state index is 14.1. The largest absolute Gasteiger partial charge is 0.481 e. The summed E-state index contributed by atoms with van der Waals surface area (Å²) in [6.07, 6.45) is -11.8. The van der Waals surface area contributed by atoms with E-state index in [-0.39, 0.29) is 17.2 Å². The zero-order valence-electron chi connectivity index (χ0n) is 25.7. The summed E-state index contributed by atoms with van der Waals surface area (Å²) in [5, 5.41) is 32.7. The molecule has 2 unspecified atom stereocenters. The Labute approximate surface area is 263 Å². The minimum absolute atomic E-state index is 0.0647. The molecule has 258 valence electrons. The number of rotatable bonds is 8. The van der Waals surface area contributed by atoms with Gasteiger partial charge in [-0.1, -0.05) is 13.0 Å². The minimum Gasteiger partial charge on any atom is -0.481 e. The quantitative estimate of drug-likeness (QED) is 0.175. The van der Waals surface area contributed by atoms with Gasteiger partial charge in [0.15, 0.2) is 0 Å². The molecule has 17 heteroatoms. The highest BCUT2D eigenvalue weighted by Crippen LogP contribution is 2.52. The number of aryl methyl sites for hydroxylation is 1. The molecule has 0 spiro atoms. The van der Waals surface area contributed by atoms with Crippen LogP contribution >= 0.6 is 0 Å². The van der Waals surface area contributed by atoms with Crippen molar-refractivity contribution in [1.82, 2.24) is 9.80 Å². The van der Waals surface area contributed by atoms with Crippen LogP contribution in [-0.4, -0.2) is 62.0 Å². The van der Waals surface area contributed by atoms with Crippen molar-refractivity contribution in [2.24, 2.45) is 11.3 Å². The van der Waals surface area contributed by atoms with Crippen LogP contribution in [0.5, 0.6) is 0 Å². The molecule has 2 aromatic rings. The van der Waals surface area contributed by atoms with E-state index in [1.807, 2.05) is 0 Å².